The zero-order valence-corrected chi connectivity index (χ0v) is 10.1. The van der Waals surface area contributed by atoms with E-state index in [0.29, 0.717) is 21.6 Å². The predicted molar refractivity (Wildman–Crippen MR) is 64.7 cm³/mol. The second-order valence-electron chi connectivity index (χ2n) is 2.54. The predicted octanol–water partition coefficient (Wildman–Crippen LogP) is 4.72. The topological polar surface area (TPSA) is 12.0 Å². The minimum Gasteiger partial charge on any atom is -0.380 e. The van der Waals surface area contributed by atoms with Crippen molar-refractivity contribution in [2.75, 3.05) is 11.9 Å². The van der Waals surface area contributed by atoms with Crippen LogP contribution in [0.5, 0.6) is 0 Å². The molecule has 1 aromatic rings. The Morgan fingerprint density at radius 3 is 2.57 bits per heavy atom. The van der Waals surface area contributed by atoms with E-state index in [-0.39, 0.29) is 0 Å². The van der Waals surface area contributed by atoms with Crippen LogP contribution in [0.3, 0.4) is 0 Å². The molecule has 0 spiro atoms. The molecule has 5 heteroatoms. The van der Waals surface area contributed by atoms with Crippen LogP contribution >= 0.6 is 46.4 Å². The van der Waals surface area contributed by atoms with Crippen LogP contribution in [0.25, 0.3) is 0 Å². The van der Waals surface area contributed by atoms with Crippen molar-refractivity contribution in [1.29, 1.82) is 0 Å². The lowest BCUT2D eigenvalue weighted by Gasteiger charge is -2.05. The molecule has 76 valence electrons. The molecule has 0 fully saturated rings. The average Bonchev–Trinajstić information content (AvgIpc) is 2.19. The maximum atomic E-state index is 5.82. The quantitative estimate of drug-likeness (QED) is 0.838. The van der Waals surface area contributed by atoms with Crippen LogP contribution in [0.4, 0.5) is 5.69 Å². The molecule has 0 atom stereocenters. The molecule has 0 aromatic heterocycles. The third-order valence-electron chi connectivity index (χ3n) is 1.50. The Kier molecular flexibility index (Phi) is 4.90. The minimum absolute atomic E-state index is 0.461. The van der Waals surface area contributed by atoms with Gasteiger partial charge >= 0.3 is 0 Å². The van der Waals surface area contributed by atoms with E-state index >= 15 is 0 Å². The molecule has 0 aliphatic carbocycles. The molecule has 0 heterocycles. The Morgan fingerprint density at radius 1 is 1.29 bits per heavy atom. The number of nitrogens with one attached hydrogen (secondary N) is 1. The van der Waals surface area contributed by atoms with Crippen LogP contribution < -0.4 is 5.32 Å². The van der Waals surface area contributed by atoms with E-state index in [1.54, 1.807) is 12.1 Å². The van der Waals surface area contributed by atoms with E-state index in [4.69, 9.17) is 46.4 Å². The van der Waals surface area contributed by atoms with Gasteiger partial charge in [0, 0.05) is 16.3 Å². The molecule has 1 aromatic carbocycles. The maximum Gasteiger partial charge on any atom is 0.0612 e. The molecule has 1 nitrogen and oxygen atoms in total. The summed E-state index contributed by atoms with van der Waals surface area (Å²) in [5.74, 6) is 0. The summed E-state index contributed by atoms with van der Waals surface area (Å²) in [7, 11) is 0. The third-order valence-corrected chi connectivity index (χ3v) is 2.86. The van der Waals surface area contributed by atoms with Gasteiger partial charge in [0.25, 0.3) is 0 Å². The monoisotopic (exact) mass is 269 g/mol. The number of rotatable bonds is 3. The van der Waals surface area contributed by atoms with Crippen molar-refractivity contribution in [1.82, 2.24) is 0 Å². The van der Waals surface area contributed by atoms with E-state index in [1.165, 1.54) is 5.54 Å². The molecule has 14 heavy (non-hydrogen) atoms. The van der Waals surface area contributed by atoms with Gasteiger partial charge in [0.1, 0.15) is 0 Å². The molecule has 1 N–H and O–H groups in total. The summed E-state index contributed by atoms with van der Waals surface area (Å²) in [5, 5.41) is 4.59. The van der Waals surface area contributed by atoms with Gasteiger partial charge in [0.15, 0.2) is 0 Å². The Bertz CT molecular complexity index is 349. The highest BCUT2D eigenvalue weighted by atomic mass is 35.5. The maximum absolute atomic E-state index is 5.82. The molecule has 0 aliphatic rings. The number of benzene rings is 1. The first-order valence-electron chi connectivity index (χ1n) is 3.77. The number of hydrogen-bond donors (Lipinski definition) is 1. The van der Waals surface area contributed by atoms with E-state index in [1.807, 2.05) is 6.07 Å². The summed E-state index contributed by atoms with van der Waals surface area (Å²) in [4.78, 5) is 0. The van der Waals surface area contributed by atoms with Crippen molar-refractivity contribution >= 4 is 52.1 Å². The van der Waals surface area contributed by atoms with Gasteiger partial charge in [-0.1, -0.05) is 46.4 Å². The number of anilines is 1. The van der Waals surface area contributed by atoms with Crippen molar-refractivity contribution in [3.05, 3.63) is 38.8 Å². The fourth-order valence-corrected chi connectivity index (χ4v) is 1.27. The SMILES string of the molecule is ClC=C(Cl)CNc1ccc(Cl)c(Cl)c1. The molecule has 0 bridgehead atoms. The summed E-state index contributed by atoms with van der Waals surface area (Å²) in [6.07, 6.45) is 0. The van der Waals surface area contributed by atoms with Gasteiger partial charge < -0.3 is 5.32 Å². The summed E-state index contributed by atoms with van der Waals surface area (Å²) in [6.45, 7) is 0.461. The second kappa shape index (κ2) is 5.72. The molecule has 0 radical (unpaired) electrons. The zero-order valence-electron chi connectivity index (χ0n) is 7.03. The molecule has 0 amide bonds. The van der Waals surface area contributed by atoms with Crippen LogP contribution in [0, 0.1) is 0 Å². The Hall–Kier alpha value is -0.0800. The van der Waals surface area contributed by atoms with Gasteiger partial charge in [-0.25, -0.2) is 0 Å². The lowest BCUT2D eigenvalue weighted by molar-refractivity contribution is 1.31. The molecule has 0 saturated carbocycles. The van der Waals surface area contributed by atoms with Gasteiger partial charge in [-0.15, -0.1) is 0 Å². The van der Waals surface area contributed by atoms with Crippen LogP contribution in [0.15, 0.2) is 28.8 Å². The Balaban J connectivity index is 2.64. The molecule has 0 saturated heterocycles. The van der Waals surface area contributed by atoms with E-state index < -0.39 is 0 Å². The summed E-state index contributed by atoms with van der Waals surface area (Å²) >= 11 is 22.7. The standard InChI is InChI=1S/C9H7Cl4N/c10-4-6(11)5-14-7-1-2-8(12)9(13)3-7/h1-4,14H,5H2. The fourth-order valence-electron chi connectivity index (χ4n) is 0.831. The first kappa shape index (κ1) is 12.0. The van der Waals surface area contributed by atoms with E-state index in [9.17, 15) is 0 Å². The molecule has 1 rings (SSSR count). The van der Waals surface area contributed by atoms with Crippen molar-refractivity contribution in [2.24, 2.45) is 0 Å². The normalized spacial score (nSPS) is 11.6. The van der Waals surface area contributed by atoms with Gasteiger partial charge in [-0.2, -0.15) is 0 Å². The van der Waals surface area contributed by atoms with Crippen LogP contribution in [-0.4, -0.2) is 6.54 Å². The molecule has 0 unspecified atom stereocenters. The Morgan fingerprint density at radius 2 is 2.00 bits per heavy atom. The first-order valence-corrected chi connectivity index (χ1v) is 5.34. The van der Waals surface area contributed by atoms with Gasteiger partial charge in [0.2, 0.25) is 0 Å². The van der Waals surface area contributed by atoms with Crippen LogP contribution in [0.1, 0.15) is 0 Å². The van der Waals surface area contributed by atoms with Crippen LogP contribution in [-0.2, 0) is 0 Å². The van der Waals surface area contributed by atoms with Gasteiger partial charge in [0.05, 0.1) is 16.6 Å². The fraction of sp³-hybridized carbons (Fsp3) is 0.111. The highest BCUT2D eigenvalue weighted by Crippen LogP contribution is 2.25. The van der Waals surface area contributed by atoms with Gasteiger partial charge in [-0.05, 0) is 18.2 Å². The van der Waals surface area contributed by atoms with E-state index in [0.717, 1.165) is 5.69 Å². The highest BCUT2D eigenvalue weighted by Gasteiger charge is 1.99. The van der Waals surface area contributed by atoms with Crippen molar-refractivity contribution in [3.63, 3.8) is 0 Å². The highest BCUT2D eigenvalue weighted by molar-refractivity contribution is 6.42. The zero-order chi connectivity index (χ0) is 10.6. The summed E-state index contributed by atoms with van der Waals surface area (Å²) in [6, 6.07) is 5.25. The number of hydrogen-bond acceptors (Lipinski definition) is 1. The Labute approximate surface area is 103 Å². The van der Waals surface area contributed by atoms with Crippen molar-refractivity contribution in [2.45, 2.75) is 0 Å². The number of halogens is 4. The van der Waals surface area contributed by atoms with Crippen molar-refractivity contribution in [3.8, 4) is 0 Å². The summed E-state index contributed by atoms with van der Waals surface area (Å²) in [5.41, 5.74) is 2.16. The average molecular weight is 271 g/mol. The van der Waals surface area contributed by atoms with Crippen LogP contribution in [0.2, 0.25) is 10.0 Å². The minimum atomic E-state index is 0.461. The van der Waals surface area contributed by atoms with Gasteiger partial charge in [-0.3, -0.25) is 0 Å². The lowest BCUT2D eigenvalue weighted by atomic mass is 10.3. The first-order chi connectivity index (χ1) is 6.63. The second-order valence-corrected chi connectivity index (χ2v) is 4.06. The van der Waals surface area contributed by atoms with E-state index in [2.05, 4.69) is 5.32 Å². The summed E-state index contributed by atoms with van der Waals surface area (Å²) < 4.78 is 0. The lowest BCUT2D eigenvalue weighted by Crippen LogP contribution is -2.00. The molecular formula is C9H7Cl4N. The molecular weight excluding hydrogens is 264 g/mol. The smallest absolute Gasteiger partial charge is 0.0612 e. The van der Waals surface area contributed by atoms with Crippen molar-refractivity contribution < 1.29 is 0 Å². The largest absolute Gasteiger partial charge is 0.380 e. The third kappa shape index (κ3) is 3.58. The molecule has 0 aliphatic heterocycles.